The van der Waals surface area contributed by atoms with Crippen molar-refractivity contribution in [2.45, 2.75) is 44.7 Å². The summed E-state index contributed by atoms with van der Waals surface area (Å²) in [5, 5.41) is 10.5. The molecule has 2 aromatic rings. The molecule has 0 spiro atoms. The Balaban J connectivity index is 1.11. The molecule has 7 rings (SSSR count). The third-order valence-corrected chi connectivity index (χ3v) is 8.71. The third-order valence-electron chi connectivity index (χ3n) is 8.71. The number of aromatic nitrogens is 1. The highest BCUT2D eigenvalue weighted by molar-refractivity contribution is 5.62. The smallest absolute Gasteiger partial charge is 0.213 e. The van der Waals surface area contributed by atoms with E-state index < -0.39 is 0 Å². The van der Waals surface area contributed by atoms with Gasteiger partial charge in [0, 0.05) is 56.0 Å². The highest BCUT2D eigenvalue weighted by atomic mass is 16.5. The summed E-state index contributed by atoms with van der Waals surface area (Å²) in [4.78, 5) is 9.89. The van der Waals surface area contributed by atoms with Gasteiger partial charge >= 0.3 is 0 Å². The van der Waals surface area contributed by atoms with Gasteiger partial charge in [-0.25, -0.2) is 4.98 Å². The molecule has 0 amide bonds. The number of rotatable bonds is 5. The predicted octanol–water partition coefficient (Wildman–Crippen LogP) is 4.41. The number of aromatic hydroxyl groups is 1. The van der Waals surface area contributed by atoms with Crippen LogP contribution in [-0.2, 0) is 6.54 Å². The van der Waals surface area contributed by atoms with Gasteiger partial charge in [-0.15, -0.1) is 0 Å². The standard InChI is InChI=1S/C27H35N3O2/c1-32-26-4-2-3-24(28-26)20-5-6-25(31)23(16-20)17-29-7-9-30(10-8-29)27-21-12-18-11-19(14-21)15-22(27)13-18/h2-6,16,18-19,21-22,27,31H,7-15,17H2,1H3. The van der Waals surface area contributed by atoms with Crippen molar-refractivity contribution in [2.75, 3.05) is 33.3 Å². The van der Waals surface area contributed by atoms with Crippen molar-refractivity contribution in [3.63, 3.8) is 0 Å². The molecule has 1 aromatic heterocycles. The molecule has 1 saturated heterocycles. The number of benzene rings is 1. The molecule has 4 saturated carbocycles. The highest BCUT2D eigenvalue weighted by Crippen LogP contribution is 2.55. The molecule has 0 atom stereocenters. The zero-order valence-electron chi connectivity index (χ0n) is 19.1. The quantitative estimate of drug-likeness (QED) is 0.757. The Bertz CT molecular complexity index is 941. The van der Waals surface area contributed by atoms with Gasteiger partial charge in [-0.3, -0.25) is 9.80 Å². The fraction of sp³-hybridized carbons (Fsp3) is 0.593. The van der Waals surface area contributed by atoms with Crippen molar-refractivity contribution >= 4 is 0 Å². The Morgan fingerprint density at radius 3 is 2.34 bits per heavy atom. The van der Waals surface area contributed by atoms with Crippen LogP contribution in [0.1, 0.15) is 37.7 Å². The SMILES string of the molecule is COc1cccc(-c2ccc(O)c(CN3CCN(C4C5CC6CC(C5)CC4C6)CC3)c2)n1. The third kappa shape index (κ3) is 3.80. The summed E-state index contributed by atoms with van der Waals surface area (Å²) in [6.07, 6.45) is 7.52. The molecular weight excluding hydrogens is 398 g/mol. The van der Waals surface area contributed by atoms with Crippen molar-refractivity contribution in [3.8, 4) is 22.9 Å². The Kier molecular flexibility index (Phi) is 5.34. The monoisotopic (exact) mass is 433 g/mol. The van der Waals surface area contributed by atoms with E-state index in [1.54, 1.807) is 13.2 Å². The van der Waals surface area contributed by atoms with Crippen molar-refractivity contribution in [1.82, 2.24) is 14.8 Å². The van der Waals surface area contributed by atoms with E-state index in [2.05, 4.69) is 20.9 Å². The van der Waals surface area contributed by atoms with Crippen molar-refractivity contribution in [3.05, 3.63) is 42.0 Å². The summed E-state index contributed by atoms with van der Waals surface area (Å²) in [5.74, 6) is 5.01. The molecule has 0 radical (unpaired) electrons. The molecule has 1 aromatic carbocycles. The molecule has 0 unspecified atom stereocenters. The van der Waals surface area contributed by atoms with E-state index >= 15 is 0 Å². The van der Waals surface area contributed by atoms with Crippen LogP contribution >= 0.6 is 0 Å². The van der Waals surface area contributed by atoms with Gasteiger partial charge in [0.2, 0.25) is 5.88 Å². The number of piperazine rings is 1. The molecule has 4 bridgehead atoms. The van der Waals surface area contributed by atoms with Gasteiger partial charge in [-0.05, 0) is 80.0 Å². The Labute approximate surface area is 191 Å². The number of phenolic OH excluding ortho intramolecular Hbond substituents is 1. The first kappa shape index (κ1) is 20.5. The summed E-state index contributed by atoms with van der Waals surface area (Å²) in [6.45, 7) is 5.31. The molecular formula is C27H35N3O2. The number of nitrogens with zero attached hydrogens (tertiary/aromatic N) is 3. The molecule has 4 aliphatic carbocycles. The van der Waals surface area contributed by atoms with Gasteiger partial charge in [0.15, 0.2) is 0 Å². The van der Waals surface area contributed by atoms with Gasteiger partial charge < -0.3 is 9.84 Å². The van der Waals surface area contributed by atoms with Crippen LogP contribution in [0.5, 0.6) is 11.6 Å². The molecule has 32 heavy (non-hydrogen) atoms. The molecule has 170 valence electrons. The lowest BCUT2D eigenvalue weighted by Gasteiger charge is -2.58. The molecule has 1 aliphatic heterocycles. The van der Waals surface area contributed by atoms with Crippen LogP contribution < -0.4 is 4.74 Å². The number of ether oxygens (including phenoxy) is 1. The van der Waals surface area contributed by atoms with Crippen molar-refractivity contribution < 1.29 is 9.84 Å². The van der Waals surface area contributed by atoms with Gasteiger partial charge in [0.1, 0.15) is 5.75 Å². The van der Waals surface area contributed by atoms with Gasteiger partial charge in [0.05, 0.1) is 12.8 Å². The topological polar surface area (TPSA) is 48.8 Å². The summed E-state index contributed by atoms with van der Waals surface area (Å²) in [7, 11) is 1.64. The van der Waals surface area contributed by atoms with E-state index in [1.807, 2.05) is 24.3 Å². The second kappa shape index (κ2) is 8.35. The van der Waals surface area contributed by atoms with E-state index in [-0.39, 0.29) is 0 Å². The number of hydrogen-bond donors (Lipinski definition) is 1. The van der Waals surface area contributed by atoms with Crippen molar-refractivity contribution in [2.24, 2.45) is 23.7 Å². The molecule has 2 heterocycles. The minimum atomic E-state index is 0.375. The first-order valence-electron chi connectivity index (χ1n) is 12.5. The zero-order valence-corrected chi connectivity index (χ0v) is 19.1. The Hall–Kier alpha value is -2.11. The summed E-state index contributed by atoms with van der Waals surface area (Å²) in [6, 6.07) is 12.5. The van der Waals surface area contributed by atoms with E-state index in [1.165, 1.54) is 45.2 Å². The van der Waals surface area contributed by atoms with Crippen LogP contribution in [-0.4, -0.2) is 59.2 Å². The minimum absolute atomic E-state index is 0.375. The van der Waals surface area contributed by atoms with E-state index in [0.717, 1.165) is 66.2 Å². The van der Waals surface area contributed by atoms with E-state index in [4.69, 9.17) is 4.74 Å². The fourth-order valence-electron chi connectivity index (χ4n) is 7.51. The summed E-state index contributed by atoms with van der Waals surface area (Å²) >= 11 is 0. The largest absolute Gasteiger partial charge is 0.508 e. The highest BCUT2D eigenvalue weighted by Gasteiger charge is 2.50. The molecule has 1 N–H and O–H groups in total. The summed E-state index contributed by atoms with van der Waals surface area (Å²) in [5.41, 5.74) is 2.87. The molecule has 5 aliphatic rings. The number of methoxy groups -OCH3 is 1. The first-order chi connectivity index (χ1) is 15.7. The van der Waals surface area contributed by atoms with Crippen LogP contribution in [0.3, 0.4) is 0 Å². The van der Waals surface area contributed by atoms with Gasteiger partial charge in [-0.1, -0.05) is 6.07 Å². The first-order valence-corrected chi connectivity index (χ1v) is 12.5. The lowest BCUT2D eigenvalue weighted by molar-refractivity contribution is -0.0769. The van der Waals surface area contributed by atoms with E-state index in [9.17, 15) is 5.11 Å². The minimum Gasteiger partial charge on any atom is -0.508 e. The van der Waals surface area contributed by atoms with Crippen molar-refractivity contribution in [1.29, 1.82) is 0 Å². The fourth-order valence-corrected chi connectivity index (χ4v) is 7.51. The zero-order chi connectivity index (χ0) is 21.7. The summed E-state index contributed by atoms with van der Waals surface area (Å²) < 4.78 is 5.27. The molecule has 5 heteroatoms. The van der Waals surface area contributed by atoms with Crippen LogP contribution in [0.15, 0.2) is 36.4 Å². The van der Waals surface area contributed by atoms with E-state index in [0.29, 0.717) is 11.6 Å². The maximum atomic E-state index is 10.5. The Morgan fingerprint density at radius 2 is 1.66 bits per heavy atom. The number of phenols is 1. The maximum absolute atomic E-state index is 10.5. The normalized spacial score (nSPS) is 32.3. The van der Waals surface area contributed by atoms with Crippen LogP contribution in [0.25, 0.3) is 11.3 Å². The van der Waals surface area contributed by atoms with Crippen LogP contribution in [0, 0.1) is 23.7 Å². The number of hydrogen-bond acceptors (Lipinski definition) is 5. The number of pyridine rings is 1. The average molecular weight is 434 g/mol. The predicted molar refractivity (Wildman–Crippen MR) is 126 cm³/mol. The lowest BCUT2D eigenvalue weighted by atomic mass is 9.54. The van der Waals surface area contributed by atoms with Gasteiger partial charge in [0.25, 0.3) is 0 Å². The molecule has 5 nitrogen and oxygen atoms in total. The Morgan fingerprint density at radius 1 is 0.938 bits per heavy atom. The average Bonchev–Trinajstić information content (AvgIpc) is 2.81. The second-order valence-electron chi connectivity index (χ2n) is 10.6. The van der Waals surface area contributed by atoms with Crippen LogP contribution in [0.4, 0.5) is 0 Å². The second-order valence-corrected chi connectivity index (χ2v) is 10.6. The lowest BCUT2D eigenvalue weighted by Crippen LogP contribution is -2.60. The van der Waals surface area contributed by atoms with Gasteiger partial charge in [-0.2, -0.15) is 0 Å². The maximum Gasteiger partial charge on any atom is 0.213 e. The van der Waals surface area contributed by atoms with Crippen LogP contribution in [0.2, 0.25) is 0 Å². The molecule has 5 fully saturated rings.